The third kappa shape index (κ3) is 4.07. The van der Waals surface area contributed by atoms with Crippen LogP contribution in [0.15, 0.2) is 92.6 Å². The van der Waals surface area contributed by atoms with Gasteiger partial charge >= 0.3 is 5.82 Å². The lowest BCUT2D eigenvalue weighted by molar-refractivity contribution is 0.409. The molecule has 138 valence electrons. The molecule has 0 unspecified atom stereocenters. The van der Waals surface area contributed by atoms with E-state index < -0.39 is 5.82 Å². The second-order valence-electron chi connectivity index (χ2n) is 6.01. The summed E-state index contributed by atoms with van der Waals surface area (Å²) < 4.78 is 10.2. The molecule has 0 radical (unpaired) electrons. The molecule has 3 aromatic rings. The SMILES string of the molecule is C=C/N=C(/c1ccc(=C)ccccc(=C)c1)c1cc2oc(=O)oc2cc1C=C. The molecule has 1 aromatic heterocycles. The van der Waals surface area contributed by atoms with Crippen molar-refractivity contribution in [2.24, 2.45) is 4.99 Å². The van der Waals surface area contributed by atoms with E-state index in [4.69, 9.17) is 8.83 Å². The Balaban J connectivity index is 2.37. The van der Waals surface area contributed by atoms with Crippen molar-refractivity contribution in [2.75, 3.05) is 0 Å². The molecule has 0 bridgehead atoms. The predicted octanol–water partition coefficient (Wildman–Crippen LogP) is 3.95. The van der Waals surface area contributed by atoms with Gasteiger partial charge in [-0.05, 0) is 34.2 Å². The number of benzene rings is 1. The first-order valence-corrected chi connectivity index (χ1v) is 8.53. The highest BCUT2D eigenvalue weighted by Crippen LogP contribution is 2.23. The standard InChI is InChI=1S/C24H19NO3/c1-5-18-14-21-22(28-24(26)27-21)15-20(18)23(25-6-2)19-12-11-16(3)9-7-8-10-17(4)13-19/h5-15H,1-4H2/b9-7?,10-8?,12-11?,19-13?,25-23-. The first-order chi connectivity index (χ1) is 13.5. The first-order valence-electron chi connectivity index (χ1n) is 8.53. The zero-order chi connectivity index (χ0) is 20.1. The molecule has 1 heterocycles. The van der Waals surface area contributed by atoms with Crippen LogP contribution < -0.4 is 16.3 Å². The van der Waals surface area contributed by atoms with Crippen LogP contribution in [0.4, 0.5) is 0 Å². The van der Waals surface area contributed by atoms with E-state index in [0.717, 1.165) is 27.1 Å². The number of rotatable bonds is 4. The molecule has 0 fully saturated rings. The Labute approximate surface area is 162 Å². The molecule has 0 aliphatic carbocycles. The summed E-state index contributed by atoms with van der Waals surface area (Å²) in [6, 6.07) is 16.7. The van der Waals surface area contributed by atoms with Crippen LogP contribution in [-0.2, 0) is 0 Å². The van der Waals surface area contributed by atoms with Crippen LogP contribution in [0.2, 0.25) is 0 Å². The van der Waals surface area contributed by atoms with Gasteiger partial charge in [0.2, 0.25) is 0 Å². The minimum Gasteiger partial charge on any atom is -0.391 e. The normalized spacial score (nSPS) is 11.1. The Hall–Kier alpha value is -3.92. The maximum Gasteiger partial charge on any atom is 0.519 e. The monoisotopic (exact) mass is 369 g/mol. The first kappa shape index (κ1) is 18.9. The zero-order valence-corrected chi connectivity index (χ0v) is 15.4. The molecule has 0 aliphatic rings. The Kier molecular flexibility index (Phi) is 5.51. The van der Waals surface area contributed by atoms with Gasteiger partial charge in [-0.1, -0.05) is 68.8 Å². The molecule has 4 heteroatoms. The predicted molar refractivity (Wildman–Crippen MR) is 115 cm³/mol. The molecule has 0 aliphatic heterocycles. The van der Waals surface area contributed by atoms with Gasteiger partial charge in [-0.3, -0.25) is 4.99 Å². The Morgan fingerprint density at radius 3 is 2.25 bits per heavy atom. The van der Waals surface area contributed by atoms with E-state index >= 15 is 0 Å². The van der Waals surface area contributed by atoms with Crippen LogP contribution in [0.3, 0.4) is 0 Å². The second-order valence-corrected chi connectivity index (χ2v) is 6.01. The summed E-state index contributed by atoms with van der Waals surface area (Å²) in [6.07, 6.45) is 3.13. The smallest absolute Gasteiger partial charge is 0.391 e. The zero-order valence-electron chi connectivity index (χ0n) is 15.4. The Morgan fingerprint density at radius 1 is 0.893 bits per heavy atom. The summed E-state index contributed by atoms with van der Waals surface area (Å²) in [5.41, 5.74) is 3.56. The maximum absolute atomic E-state index is 11.5. The van der Waals surface area contributed by atoms with E-state index in [1.54, 1.807) is 18.2 Å². The highest BCUT2D eigenvalue weighted by molar-refractivity contribution is 6.16. The molecule has 0 N–H and O–H groups in total. The van der Waals surface area contributed by atoms with Crippen molar-refractivity contribution in [3.8, 4) is 0 Å². The van der Waals surface area contributed by atoms with Crippen molar-refractivity contribution in [2.45, 2.75) is 0 Å². The minimum atomic E-state index is -0.760. The number of hydrogen-bond donors (Lipinski definition) is 0. The van der Waals surface area contributed by atoms with E-state index in [0.29, 0.717) is 16.9 Å². The lowest BCUT2D eigenvalue weighted by atomic mass is 9.97. The second kappa shape index (κ2) is 8.18. The molecular formula is C24H19NO3. The highest BCUT2D eigenvalue weighted by atomic mass is 16.6. The highest BCUT2D eigenvalue weighted by Gasteiger charge is 2.14. The van der Waals surface area contributed by atoms with E-state index in [-0.39, 0.29) is 0 Å². The van der Waals surface area contributed by atoms with Crippen molar-refractivity contribution in [1.29, 1.82) is 0 Å². The van der Waals surface area contributed by atoms with Crippen LogP contribution in [-0.4, -0.2) is 5.71 Å². The molecule has 3 rings (SSSR count). The molecule has 4 nitrogen and oxygen atoms in total. The molecule has 2 aromatic carbocycles. The summed E-state index contributed by atoms with van der Waals surface area (Å²) in [6.45, 7) is 15.7. The van der Waals surface area contributed by atoms with Crippen molar-refractivity contribution < 1.29 is 8.83 Å². The molecular weight excluding hydrogens is 350 g/mol. The molecule has 0 saturated heterocycles. The van der Waals surface area contributed by atoms with Gasteiger partial charge in [0.25, 0.3) is 0 Å². The van der Waals surface area contributed by atoms with Gasteiger partial charge in [-0.15, -0.1) is 0 Å². The van der Waals surface area contributed by atoms with Crippen molar-refractivity contribution >= 4 is 36.1 Å². The third-order valence-electron chi connectivity index (χ3n) is 4.02. The largest absolute Gasteiger partial charge is 0.519 e. The number of aliphatic imine (C=N–C) groups is 1. The number of hydrogen-bond acceptors (Lipinski definition) is 4. The minimum absolute atomic E-state index is 0.331. The quantitative estimate of drug-likeness (QED) is 0.654. The van der Waals surface area contributed by atoms with E-state index in [1.807, 2.05) is 42.5 Å². The lowest BCUT2D eigenvalue weighted by Crippen LogP contribution is -2.08. The third-order valence-corrected chi connectivity index (χ3v) is 4.02. The van der Waals surface area contributed by atoms with Gasteiger partial charge in [-0.25, -0.2) is 4.79 Å². The fraction of sp³-hybridized carbons (Fsp3) is 0. The van der Waals surface area contributed by atoms with Crippen LogP contribution in [0.1, 0.15) is 16.7 Å². The maximum atomic E-state index is 11.5. The van der Waals surface area contributed by atoms with Gasteiger partial charge < -0.3 is 8.83 Å². The fourth-order valence-corrected chi connectivity index (χ4v) is 2.75. The van der Waals surface area contributed by atoms with Crippen LogP contribution >= 0.6 is 0 Å². The number of fused-ring (bicyclic) bond motifs is 1. The van der Waals surface area contributed by atoms with Crippen molar-refractivity contribution in [3.63, 3.8) is 0 Å². The van der Waals surface area contributed by atoms with Crippen LogP contribution in [0, 0.1) is 0 Å². The Bertz CT molecular complexity index is 1310. The van der Waals surface area contributed by atoms with Crippen molar-refractivity contribution in [1.82, 2.24) is 0 Å². The number of nitrogens with zero attached hydrogens (tertiary/aromatic N) is 1. The topological polar surface area (TPSA) is 55.7 Å². The summed E-state index contributed by atoms with van der Waals surface area (Å²) >= 11 is 0. The van der Waals surface area contributed by atoms with Gasteiger partial charge in [0.1, 0.15) is 0 Å². The molecule has 0 atom stereocenters. The Morgan fingerprint density at radius 2 is 1.57 bits per heavy atom. The van der Waals surface area contributed by atoms with E-state index in [9.17, 15) is 4.79 Å². The molecule has 0 saturated carbocycles. The summed E-state index contributed by atoms with van der Waals surface area (Å²) in [5.74, 6) is -0.760. The summed E-state index contributed by atoms with van der Waals surface area (Å²) in [4.78, 5) is 15.9. The van der Waals surface area contributed by atoms with Gasteiger partial charge in [-0.2, -0.15) is 0 Å². The summed E-state index contributed by atoms with van der Waals surface area (Å²) in [7, 11) is 0. The lowest BCUT2D eigenvalue weighted by Gasteiger charge is -2.09. The van der Waals surface area contributed by atoms with Gasteiger partial charge in [0.05, 0.1) is 5.71 Å². The average Bonchev–Trinajstić information content (AvgIpc) is 3.04. The van der Waals surface area contributed by atoms with Crippen LogP contribution in [0.5, 0.6) is 0 Å². The molecule has 28 heavy (non-hydrogen) atoms. The van der Waals surface area contributed by atoms with Crippen LogP contribution in [0.25, 0.3) is 30.4 Å². The fourth-order valence-electron chi connectivity index (χ4n) is 2.75. The van der Waals surface area contributed by atoms with E-state index in [2.05, 4.69) is 31.3 Å². The van der Waals surface area contributed by atoms with Gasteiger partial charge in [0, 0.05) is 17.3 Å². The summed E-state index contributed by atoms with van der Waals surface area (Å²) in [5, 5.41) is 1.63. The average molecular weight is 369 g/mol. The van der Waals surface area contributed by atoms with E-state index in [1.165, 1.54) is 6.20 Å². The van der Waals surface area contributed by atoms with Crippen molar-refractivity contribution in [3.05, 3.63) is 112 Å². The molecule has 0 spiro atoms. The molecule has 0 amide bonds. The van der Waals surface area contributed by atoms with Gasteiger partial charge in [0.15, 0.2) is 11.2 Å².